The molecule has 1 aliphatic heterocycles. The van der Waals surface area contributed by atoms with E-state index in [0.29, 0.717) is 47.5 Å². The van der Waals surface area contributed by atoms with Gasteiger partial charge >= 0.3 is 6.18 Å². The van der Waals surface area contributed by atoms with Gasteiger partial charge in [-0.3, -0.25) is 4.79 Å². The molecule has 148 valence electrons. The molecular weight excluding hydrogens is 391 g/mol. The van der Waals surface area contributed by atoms with Crippen molar-refractivity contribution in [3.05, 3.63) is 40.7 Å². The van der Waals surface area contributed by atoms with Crippen LogP contribution in [0.2, 0.25) is 0 Å². The molecule has 0 atom stereocenters. The Balaban J connectivity index is 1.50. The summed E-state index contributed by atoms with van der Waals surface area (Å²) < 4.78 is 45.4. The first-order valence-electron chi connectivity index (χ1n) is 8.95. The van der Waals surface area contributed by atoms with E-state index in [1.807, 2.05) is 0 Å². The fraction of sp³-hybridized carbons (Fsp3) is 0.444. The summed E-state index contributed by atoms with van der Waals surface area (Å²) in [7, 11) is 0. The van der Waals surface area contributed by atoms with Crippen LogP contribution in [-0.2, 0) is 12.7 Å². The summed E-state index contributed by atoms with van der Waals surface area (Å²) in [5, 5.41) is 3.86. The van der Waals surface area contributed by atoms with E-state index in [2.05, 4.69) is 14.6 Å². The number of benzene rings is 1. The zero-order chi connectivity index (χ0) is 19.9. The highest BCUT2D eigenvalue weighted by Crippen LogP contribution is 2.33. The van der Waals surface area contributed by atoms with Crippen LogP contribution in [0.25, 0.3) is 11.0 Å². The van der Waals surface area contributed by atoms with Gasteiger partial charge in [-0.15, -0.1) is 5.10 Å². The topological polar surface area (TPSA) is 63.9 Å². The Bertz CT molecular complexity index is 1000. The lowest BCUT2D eigenvalue weighted by Gasteiger charge is -2.32. The van der Waals surface area contributed by atoms with Gasteiger partial charge in [0, 0.05) is 19.6 Å². The minimum absolute atomic E-state index is 0.0449. The maximum atomic E-state index is 13.5. The van der Waals surface area contributed by atoms with E-state index in [1.54, 1.807) is 36.1 Å². The zero-order valence-corrected chi connectivity index (χ0v) is 15.9. The summed E-state index contributed by atoms with van der Waals surface area (Å²) in [4.78, 5) is 18.6. The zero-order valence-electron chi connectivity index (χ0n) is 15.1. The van der Waals surface area contributed by atoms with Gasteiger partial charge in [0.2, 0.25) is 5.82 Å². The SMILES string of the molecule is Cc1nnsc1C(=O)N1CCC(Cn2c(C(F)(F)F)nc3ccccc32)CC1. The molecular formula is C18H18F3N5OS. The second-order valence-corrected chi connectivity index (χ2v) is 7.71. The van der Waals surface area contributed by atoms with Gasteiger partial charge in [-0.25, -0.2) is 4.98 Å². The normalized spacial score (nSPS) is 16.1. The van der Waals surface area contributed by atoms with E-state index < -0.39 is 12.0 Å². The number of halogens is 3. The molecule has 3 heterocycles. The number of hydrogen-bond acceptors (Lipinski definition) is 5. The average molecular weight is 409 g/mol. The van der Waals surface area contributed by atoms with Gasteiger partial charge in [0.1, 0.15) is 4.88 Å². The Hall–Kier alpha value is -2.49. The van der Waals surface area contributed by atoms with Gasteiger partial charge < -0.3 is 9.47 Å². The summed E-state index contributed by atoms with van der Waals surface area (Å²) in [6.45, 7) is 2.99. The summed E-state index contributed by atoms with van der Waals surface area (Å²) in [6, 6.07) is 6.65. The number of amides is 1. The molecule has 6 nitrogen and oxygen atoms in total. The number of aryl methyl sites for hydroxylation is 1. The Kier molecular flexibility index (Phi) is 4.82. The minimum atomic E-state index is -4.51. The highest BCUT2D eigenvalue weighted by Gasteiger charge is 2.38. The second-order valence-electron chi connectivity index (χ2n) is 6.96. The van der Waals surface area contributed by atoms with Crippen LogP contribution in [-0.4, -0.2) is 43.0 Å². The minimum Gasteiger partial charge on any atom is -0.338 e. The lowest BCUT2D eigenvalue weighted by Crippen LogP contribution is -2.39. The number of carbonyl (C=O) groups excluding carboxylic acids is 1. The van der Waals surface area contributed by atoms with Crippen LogP contribution in [0, 0.1) is 12.8 Å². The number of rotatable bonds is 3. The van der Waals surface area contributed by atoms with Crippen LogP contribution in [0.4, 0.5) is 13.2 Å². The molecule has 3 aromatic rings. The molecule has 0 aliphatic carbocycles. The van der Waals surface area contributed by atoms with Gasteiger partial charge in [-0.2, -0.15) is 13.2 Å². The summed E-state index contributed by atoms with van der Waals surface area (Å²) in [5.74, 6) is -0.919. The van der Waals surface area contributed by atoms with Gasteiger partial charge in [0.25, 0.3) is 5.91 Å². The van der Waals surface area contributed by atoms with Crippen molar-refractivity contribution in [2.75, 3.05) is 13.1 Å². The van der Waals surface area contributed by atoms with E-state index in [4.69, 9.17) is 0 Å². The Morgan fingerprint density at radius 2 is 1.96 bits per heavy atom. The molecule has 1 saturated heterocycles. The molecule has 1 aromatic carbocycles. The van der Waals surface area contributed by atoms with Crippen LogP contribution in [0.1, 0.15) is 34.0 Å². The van der Waals surface area contributed by atoms with E-state index in [1.165, 1.54) is 4.57 Å². The standard InChI is InChI=1S/C18H18F3N5OS/c1-11-15(28-24-23-11)16(27)25-8-6-12(7-9-25)10-26-14-5-3-2-4-13(14)22-17(26)18(19,20)21/h2-5,12H,6-10H2,1H3. The van der Waals surface area contributed by atoms with E-state index in [9.17, 15) is 18.0 Å². The number of likely N-dealkylation sites (tertiary alicyclic amines) is 1. The molecule has 0 saturated carbocycles. The fourth-order valence-electron chi connectivity index (χ4n) is 3.62. The maximum absolute atomic E-state index is 13.5. The van der Waals surface area contributed by atoms with Crippen molar-refractivity contribution in [1.29, 1.82) is 0 Å². The van der Waals surface area contributed by atoms with Crippen LogP contribution in [0.15, 0.2) is 24.3 Å². The number of carbonyl (C=O) groups is 1. The average Bonchev–Trinajstić information content (AvgIpc) is 3.26. The molecule has 2 aromatic heterocycles. The van der Waals surface area contributed by atoms with Gasteiger partial charge in [-0.05, 0) is 49.3 Å². The molecule has 0 unspecified atom stereocenters. The Labute approximate surface area is 163 Å². The summed E-state index contributed by atoms with van der Waals surface area (Å²) in [6.07, 6.45) is -3.23. The van der Waals surface area contributed by atoms with Crippen molar-refractivity contribution in [3.63, 3.8) is 0 Å². The van der Waals surface area contributed by atoms with Gasteiger partial charge in [-0.1, -0.05) is 16.6 Å². The first kappa shape index (κ1) is 18.9. The number of aromatic nitrogens is 4. The van der Waals surface area contributed by atoms with Crippen molar-refractivity contribution >= 4 is 28.5 Å². The van der Waals surface area contributed by atoms with Crippen LogP contribution in [0.3, 0.4) is 0 Å². The second kappa shape index (κ2) is 7.16. The first-order chi connectivity index (χ1) is 13.3. The first-order valence-corrected chi connectivity index (χ1v) is 9.72. The quantitative estimate of drug-likeness (QED) is 0.661. The van der Waals surface area contributed by atoms with E-state index >= 15 is 0 Å². The van der Waals surface area contributed by atoms with Crippen molar-refractivity contribution in [1.82, 2.24) is 24.0 Å². The molecule has 0 bridgehead atoms. The fourth-order valence-corrected chi connectivity index (χ4v) is 4.25. The van der Waals surface area contributed by atoms with Gasteiger partial charge in [0.15, 0.2) is 0 Å². The molecule has 1 aliphatic rings. The number of fused-ring (bicyclic) bond motifs is 1. The smallest absolute Gasteiger partial charge is 0.338 e. The highest BCUT2D eigenvalue weighted by atomic mass is 32.1. The van der Waals surface area contributed by atoms with Crippen LogP contribution < -0.4 is 0 Å². The predicted octanol–water partition coefficient (Wildman–Crippen LogP) is 3.77. The van der Waals surface area contributed by atoms with Gasteiger partial charge in [0.05, 0.1) is 16.7 Å². The third kappa shape index (κ3) is 3.48. The number of nitrogens with zero attached hydrogens (tertiary/aromatic N) is 5. The third-order valence-electron chi connectivity index (χ3n) is 5.10. The predicted molar refractivity (Wildman–Crippen MR) is 98.0 cm³/mol. The van der Waals surface area contributed by atoms with Crippen molar-refractivity contribution in [2.45, 2.75) is 32.5 Å². The molecule has 1 amide bonds. The number of imidazole rings is 1. The van der Waals surface area contributed by atoms with Crippen molar-refractivity contribution in [3.8, 4) is 0 Å². The molecule has 0 N–H and O–H groups in total. The maximum Gasteiger partial charge on any atom is 0.449 e. The molecule has 10 heteroatoms. The number of para-hydroxylation sites is 2. The highest BCUT2D eigenvalue weighted by molar-refractivity contribution is 7.07. The molecule has 4 rings (SSSR count). The molecule has 1 fully saturated rings. The number of alkyl halides is 3. The van der Waals surface area contributed by atoms with Crippen LogP contribution in [0.5, 0.6) is 0 Å². The number of hydrogen-bond donors (Lipinski definition) is 0. The summed E-state index contributed by atoms with van der Waals surface area (Å²) >= 11 is 1.07. The van der Waals surface area contributed by atoms with E-state index in [-0.39, 0.29) is 18.4 Å². The molecule has 28 heavy (non-hydrogen) atoms. The molecule has 0 radical (unpaired) electrons. The Morgan fingerprint density at radius 3 is 2.61 bits per heavy atom. The molecule has 0 spiro atoms. The lowest BCUT2D eigenvalue weighted by molar-refractivity contribution is -0.147. The van der Waals surface area contributed by atoms with Crippen LogP contribution >= 0.6 is 11.5 Å². The largest absolute Gasteiger partial charge is 0.449 e. The third-order valence-corrected chi connectivity index (χ3v) is 5.91. The van der Waals surface area contributed by atoms with Crippen molar-refractivity contribution in [2.24, 2.45) is 5.92 Å². The number of piperidine rings is 1. The van der Waals surface area contributed by atoms with E-state index in [0.717, 1.165) is 11.5 Å². The monoisotopic (exact) mass is 409 g/mol. The lowest BCUT2D eigenvalue weighted by atomic mass is 9.96. The summed E-state index contributed by atoms with van der Waals surface area (Å²) in [5.41, 5.74) is 1.44. The Morgan fingerprint density at radius 1 is 1.25 bits per heavy atom. The van der Waals surface area contributed by atoms with Crippen molar-refractivity contribution < 1.29 is 18.0 Å².